The summed E-state index contributed by atoms with van der Waals surface area (Å²) in [5.41, 5.74) is 0.399. The van der Waals surface area contributed by atoms with Crippen LogP contribution in [0.25, 0.3) is 0 Å². The van der Waals surface area contributed by atoms with Gasteiger partial charge in [0.25, 0.3) is 0 Å². The predicted octanol–water partition coefficient (Wildman–Crippen LogP) is 4.53. The summed E-state index contributed by atoms with van der Waals surface area (Å²) in [6, 6.07) is 0.684. The van der Waals surface area contributed by atoms with Crippen LogP contribution in [0.1, 0.15) is 79.1 Å². The van der Waals surface area contributed by atoms with Gasteiger partial charge in [-0.3, -0.25) is 0 Å². The van der Waals surface area contributed by atoms with Crippen molar-refractivity contribution in [1.82, 2.24) is 5.32 Å². The number of rotatable bonds is 7. The van der Waals surface area contributed by atoms with Gasteiger partial charge < -0.3 is 10.1 Å². The van der Waals surface area contributed by atoms with Crippen LogP contribution in [0.3, 0.4) is 0 Å². The third-order valence-electron chi connectivity index (χ3n) is 5.99. The van der Waals surface area contributed by atoms with E-state index in [0.717, 1.165) is 12.5 Å². The normalized spacial score (nSPS) is 36.6. The maximum Gasteiger partial charge on any atom is 0.0664 e. The van der Waals surface area contributed by atoms with Gasteiger partial charge in [0.05, 0.1) is 12.2 Å². The first-order chi connectivity index (χ1) is 9.66. The molecule has 0 aromatic heterocycles. The van der Waals surface area contributed by atoms with Crippen molar-refractivity contribution >= 4 is 0 Å². The summed E-state index contributed by atoms with van der Waals surface area (Å²) in [5, 5.41) is 3.76. The van der Waals surface area contributed by atoms with Crippen LogP contribution < -0.4 is 5.32 Å². The van der Waals surface area contributed by atoms with E-state index in [1.54, 1.807) is 0 Å². The monoisotopic (exact) mass is 281 g/mol. The van der Waals surface area contributed by atoms with Crippen LogP contribution in [-0.2, 0) is 4.74 Å². The molecule has 2 saturated carbocycles. The molecule has 0 aliphatic heterocycles. The van der Waals surface area contributed by atoms with E-state index in [4.69, 9.17) is 4.74 Å². The highest BCUT2D eigenvalue weighted by molar-refractivity contribution is 5.07. The maximum absolute atomic E-state index is 6.57. The van der Waals surface area contributed by atoms with E-state index < -0.39 is 0 Å². The Bertz CT molecular complexity index is 287. The van der Waals surface area contributed by atoms with Crippen LogP contribution in [-0.4, -0.2) is 24.8 Å². The molecule has 2 rings (SSSR count). The molecule has 4 atom stereocenters. The standard InChI is InChI=1S/C18H35NO/c1-5-11-19-16-13-17(18(16,6-2)7-3)20-15-10-8-9-14(4)12-15/h14-17,19H,5-13H2,1-4H3. The van der Waals surface area contributed by atoms with Crippen molar-refractivity contribution in [2.75, 3.05) is 6.54 Å². The number of nitrogens with one attached hydrogen (secondary N) is 1. The largest absolute Gasteiger partial charge is 0.374 e. The van der Waals surface area contributed by atoms with E-state index >= 15 is 0 Å². The van der Waals surface area contributed by atoms with E-state index in [1.807, 2.05) is 0 Å². The van der Waals surface area contributed by atoms with Gasteiger partial charge in [-0.25, -0.2) is 0 Å². The molecule has 2 aliphatic carbocycles. The van der Waals surface area contributed by atoms with Crippen LogP contribution in [0.2, 0.25) is 0 Å². The average Bonchev–Trinajstić information content (AvgIpc) is 2.43. The van der Waals surface area contributed by atoms with Gasteiger partial charge >= 0.3 is 0 Å². The molecule has 0 spiro atoms. The van der Waals surface area contributed by atoms with Gasteiger partial charge in [-0.2, -0.15) is 0 Å². The molecule has 0 bridgehead atoms. The third-order valence-corrected chi connectivity index (χ3v) is 5.99. The predicted molar refractivity (Wildman–Crippen MR) is 86.0 cm³/mol. The van der Waals surface area contributed by atoms with Crippen LogP contribution in [0.5, 0.6) is 0 Å². The van der Waals surface area contributed by atoms with E-state index in [2.05, 4.69) is 33.0 Å². The second-order valence-corrected chi connectivity index (χ2v) is 7.20. The Kier molecular flexibility index (Phi) is 5.92. The minimum Gasteiger partial charge on any atom is -0.374 e. The molecule has 2 fully saturated rings. The molecule has 2 heteroatoms. The smallest absolute Gasteiger partial charge is 0.0664 e. The third kappa shape index (κ3) is 3.22. The molecule has 118 valence electrons. The van der Waals surface area contributed by atoms with E-state index in [0.29, 0.717) is 23.7 Å². The van der Waals surface area contributed by atoms with E-state index in [1.165, 1.54) is 51.4 Å². The zero-order valence-corrected chi connectivity index (χ0v) is 14.1. The average molecular weight is 281 g/mol. The molecule has 0 aromatic carbocycles. The molecular formula is C18H35NO. The fraction of sp³-hybridized carbons (Fsp3) is 1.00. The summed E-state index contributed by atoms with van der Waals surface area (Å²) in [4.78, 5) is 0. The quantitative estimate of drug-likeness (QED) is 0.740. The Balaban J connectivity index is 1.91. The molecular weight excluding hydrogens is 246 g/mol. The highest BCUT2D eigenvalue weighted by Crippen LogP contribution is 2.50. The molecule has 2 nitrogen and oxygen atoms in total. The second-order valence-electron chi connectivity index (χ2n) is 7.20. The molecule has 20 heavy (non-hydrogen) atoms. The van der Waals surface area contributed by atoms with Crippen molar-refractivity contribution in [3.8, 4) is 0 Å². The van der Waals surface area contributed by atoms with Crippen molar-refractivity contribution in [1.29, 1.82) is 0 Å². The SMILES string of the molecule is CCCNC1CC(OC2CCCC(C)C2)C1(CC)CC. The van der Waals surface area contributed by atoms with Crippen LogP contribution >= 0.6 is 0 Å². The molecule has 1 N–H and O–H groups in total. The summed E-state index contributed by atoms with van der Waals surface area (Å²) in [6.07, 6.45) is 11.3. The van der Waals surface area contributed by atoms with Crippen molar-refractivity contribution in [3.05, 3.63) is 0 Å². The minimum absolute atomic E-state index is 0.399. The van der Waals surface area contributed by atoms with Crippen molar-refractivity contribution in [2.45, 2.75) is 97.3 Å². The Morgan fingerprint density at radius 2 is 1.85 bits per heavy atom. The van der Waals surface area contributed by atoms with Crippen molar-refractivity contribution < 1.29 is 4.74 Å². The van der Waals surface area contributed by atoms with E-state index in [9.17, 15) is 0 Å². The van der Waals surface area contributed by atoms with E-state index in [-0.39, 0.29) is 0 Å². The minimum atomic E-state index is 0.399. The number of ether oxygens (including phenoxy) is 1. The molecule has 0 saturated heterocycles. The molecule has 0 aromatic rings. The van der Waals surface area contributed by atoms with Crippen LogP contribution in [0, 0.1) is 11.3 Å². The summed E-state index contributed by atoms with van der Waals surface area (Å²) in [6.45, 7) is 10.5. The lowest BCUT2D eigenvalue weighted by atomic mass is 9.58. The summed E-state index contributed by atoms with van der Waals surface area (Å²) < 4.78 is 6.57. The Morgan fingerprint density at radius 1 is 1.10 bits per heavy atom. The highest BCUT2D eigenvalue weighted by atomic mass is 16.5. The highest BCUT2D eigenvalue weighted by Gasteiger charge is 2.53. The van der Waals surface area contributed by atoms with Crippen molar-refractivity contribution in [2.24, 2.45) is 11.3 Å². The number of hydrogen-bond donors (Lipinski definition) is 1. The van der Waals surface area contributed by atoms with Crippen LogP contribution in [0.15, 0.2) is 0 Å². The number of hydrogen-bond acceptors (Lipinski definition) is 2. The first kappa shape index (κ1) is 16.3. The Labute approximate surface area is 126 Å². The fourth-order valence-corrected chi connectivity index (χ4v) is 4.48. The maximum atomic E-state index is 6.57. The summed E-state index contributed by atoms with van der Waals surface area (Å²) in [7, 11) is 0. The summed E-state index contributed by atoms with van der Waals surface area (Å²) in [5.74, 6) is 0.862. The molecule has 2 aliphatic rings. The Hall–Kier alpha value is -0.0800. The summed E-state index contributed by atoms with van der Waals surface area (Å²) >= 11 is 0. The van der Waals surface area contributed by atoms with Gasteiger partial charge in [-0.1, -0.05) is 40.5 Å². The van der Waals surface area contributed by atoms with Gasteiger partial charge in [-0.05, 0) is 51.0 Å². The fourth-order valence-electron chi connectivity index (χ4n) is 4.48. The molecule has 0 heterocycles. The van der Waals surface area contributed by atoms with Gasteiger partial charge in [0.15, 0.2) is 0 Å². The van der Waals surface area contributed by atoms with Gasteiger partial charge in [0, 0.05) is 11.5 Å². The zero-order chi connectivity index (χ0) is 14.6. The molecule has 0 amide bonds. The second kappa shape index (κ2) is 7.26. The van der Waals surface area contributed by atoms with Crippen LogP contribution in [0.4, 0.5) is 0 Å². The topological polar surface area (TPSA) is 21.3 Å². The Morgan fingerprint density at radius 3 is 2.45 bits per heavy atom. The molecule has 0 radical (unpaired) electrons. The first-order valence-corrected chi connectivity index (χ1v) is 9.05. The van der Waals surface area contributed by atoms with Crippen molar-refractivity contribution in [3.63, 3.8) is 0 Å². The van der Waals surface area contributed by atoms with Gasteiger partial charge in [0.1, 0.15) is 0 Å². The lowest BCUT2D eigenvalue weighted by molar-refractivity contribution is -0.174. The van der Waals surface area contributed by atoms with Gasteiger partial charge in [-0.15, -0.1) is 0 Å². The lowest BCUT2D eigenvalue weighted by Gasteiger charge is -2.57. The zero-order valence-electron chi connectivity index (χ0n) is 14.1. The van der Waals surface area contributed by atoms with Gasteiger partial charge in [0.2, 0.25) is 0 Å². The lowest BCUT2D eigenvalue weighted by Crippen LogP contribution is -2.64. The first-order valence-electron chi connectivity index (χ1n) is 9.05. The molecule has 4 unspecified atom stereocenters.